The number of aldehydes is 1. The molecule has 0 aliphatic carbocycles. The molecule has 0 heterocycles. The van der Waals surface area contributed by atoms with Crippen LogP contribution in [0.15, 0.2) is 0 Å². The monoisotopic (exact) mass is 334 g/mol. The van der Waals surface area contributed by atoms with Crippen LogP contribution >= 0.6 is 15.9 Å². The largest absolute Gasteiger partial charge is 0.464 e. The summed E-state index contributed by atoms with van der Waals surface area (Å²) in [5.74, 6) is 0.687. The highest BCUT2D eigenvalue weighted by Crippen LogP contribution is 2.22. The van der Waals surface area contributed by atoms with Gasteiger partial charge in [-0.2, -0.15) is 0 Å². The summed E-state index contributed by atoms with van der Waals surface area (Å²) in [5, 5.41) is 0. The number of ether oxygens (including phenoxy) is 1. The van der Waals surface area contributed by atoms with Gasteiger partial charge >= 0.3 is 5.97 Å². The Morgan fingerprint density at radius 2 is 1.84 bits per heavy atom. The van der Waals surface area contributed by atoms with Crippen molar-refractivity contribution in [3.05, 3.63) is 0 Å². The first-order chi connectivity index (χ1) is 8.90. The summed E-state index contributed by atoms with van der Waals surface area (Å²) in [6, 6.07) is 0. The van der Waals surface area contributed by atoms with Gasteiger partial charge in [0.15, 0.2) is 0 Å². The maximum Gasteiger partial charge on any atom is 0.319 e. The molecular weight excluding hydrogens is 308 g/mol. The van der Waals surface area contributed by atoms with Gasteiger partial charge in [0.25, 0.3) is 0 Å². The fraction of sp³-hybridized carbons (Fsp3) is 0.867. The fourth-order valence-electron chi connectivity index (χ4n) is 2.38. The first kappa shape index (κ1) is 18.6. The normalized spacial score (nSPS) is 17.3. The number of hydrogen-bond acceptors (Lipinski definition) is 3. The van der Waals surface area contributed by atoms with Crippen molar-refractivity contribution < 1.29 is 14.3 Å². The van der Waals surface area contributed by atoms with E-state index < -0.39 is 0 Å². The smallest absolute Gasteiger partial charge is 0.319 e. The number of halogens is 1. The van der Waals surface area contributed by atoms with Crippen LogP contribution < -0.4 is 0 Å². The minimum absolute atomic E-state index is 0.181. The zero-order chi connectivity index (χ0) is 14.8. The summed E-state index contributed by atoms with van der Waals surface area (Å²) in [6.07, 6.45) is 5.26. The third-order valence-corrected chi connectivity index (χ3v) is 3.62. The van der Waals surface area contributed by atoms with Gasteiger partial charge < -0.3 is 9.53 Å². The topological polar surface area (TPSA) is 43.4 Å². The van der Waals surface area contributed by atoms with Crippen molar-refractivity contribution in [3.63, 3.8) is 0 Å². The molecule has 0 aromatic carbocycles. The quantitative estimate of drug-likeness (QED) is 0.345. The third kappa shape index (κ3) is 9.20. The molecule has 112 valence electrons. The van der Waals surface area contributed by atoms with E-state index in [1.165, 1.54) is 12.8 Å². The van der Waals surface area contributed by atoms with Crippen molar-refractivity contribution in [2.24, 2.45) is 17.8 Å². The molecule has 0 bridgehead atoms. The van der Waals surface area contributed by atoms with Crippen molar-refractivity contribution in [1.82, 2.24) is 0 Å². The van der Waals surface area contributed by atoms with Crippen molar-refractivity contribution in [2.45, 2.75) is 58.2 Å². The van der Waals surface area contributed by atoms with Gasteiger partial charge in [0, 0.05) is 5.92 Å². The molecule has 0 aromatic heterocycles. The van der Waals surface area contributed by atoms with Gasteiger partial charge in [-0.05, 0) is 31.6 Å². The molecule has 0 amide bonds. The number of hydrogen-bond donors (Lipinski definition) is 0. The number of alkyl halides is 1. The summed E-state index contributed by atoms with van der Waals surface area (Å²) in [5.41, 5.74) is 0. The number of esters is 1. The summed E-state index contributed by atoms with van der Waals surface area (Å²) >= 11 is 3.15. The van der Waals surface area contributed by atoms with E-state index in [4.69, 9.17) is 4.74 Å². The second-order valence-electron chi connectivity index (χ2n) is 5.61. The van der Waals surface area contributed by atoms with Crippen LogP contribution in [0.5, 0.6) is 0 Å². The zero-order valence-electron chi connectivity index (χ0n) is 12.5. The Hall–Kier alpha value is -0.380. The second kappa shape index (κ2) is 10.4. The van der Waals surface area contributed by atoms with Crippen molar-refractivity contribution >= 4 is 28.2 Å². The Morgan fingerprint density at radius 3 is 2.32 bits per heavy atom. The van der Waals surface area contributed by atoms with Crippen LogP contribution in [-0.2, 0) is 14.3 Å². The Kier molecular flexibility index (Phi) is 10.2. The standard InChI is InChI=1S/C15H27BrO3/c1-5-6-11(2)7-12(3)8-14(9-17)10-19-15(18)13(4)16/h9,11-14H,5-8,10H2,1-4H3/t11-,12+,13?,14?/m0/s1. The van der Waals surface area contributed by atoms with Gasteiger partial charge in [0.1, 0.15) is 17.7 Å². The molecule has 4 heteroatoms. The molecule has 0 spiro atoms. The maximum absolute atomic E-state index is 11.3. The van der Waals surface area contributed by atoms with Crippen LogP contribution in [-0.4, -0.2) is 23.7 Å². The summed E-state index contributed by atoms with van der Waals surface area (Å²) in [6.45, 7) is 8.52. The Morgan fingerprint density at radius 1 is 1.21 bits per heavy atom. The highest BCUT2D eigenvalue weighted by molar-refractivity contribution is 9.10. The van der Waals surface area contributed by atoms with E-state index >= 15 is 0 Å². The molecule has 0 saturated carbocycles. The number of carbonyl (C=O) groups is 2. The maximum atomic E-state index is 11.3. The first-order valence-electron chi connectivity index (χ1n) is 7.16. The second-order valence-corrected chi connectivity index (χ2v) is 6.99. The Bertz CT molecular complexity index is 266. The van der Waals surface area contributed by atoms with E-state index in [-0.39, 0.29) is 23.3 Å². The van der Waals surface area contributed by atoms with Crippen molar-refractivity contribution in [2.75, 3.05) is 6.61 Å². The van der Waals surface area contributed by atoms with Crippen LogP contribution in [0.3, 0.4) is 0 Å². The lowest BCUT2D eigenvalue weighted by Gasteiger charge is -2.20. The lowest BCUT2D eigenvalue weighted by atomic mass is 9.88. The number of carbonyl (C=O) groups excluding carboxylic acids is 2. The van der Waals surface area contributed by atoms with Crippen LogP contribution in [0, 0.1) is 17.8 Å². The predicted molar refractivity (Wildman–Crippen MR) is 81.4 cm³/mol. The minimum atomic E-state index is -0.318. The van der Waals surface area contributed by atoms with Gasteiger partial charge in [-0.15, -0.1) is 0 Å². The lowest BCUT2D eigenvalue weighted by Crippen LogP contribution is -2.21. The molecule has 0 rings (SSSR count). The van der Waals surface area contributed by atoms with E-state index in [0.29, 0.717) is 11.8 Å². The van der Waals surface area contributed by atoms with Gasteiger partial charge in [-0.25, -0.2) is 0 Å². The highest BCUT2D eigenvalue weighted by Gasteiger charge is 2.18. The summed E-state index contributed by atoms with van der Waals surface area (Å²) in [7, 11) is 0. The first-order valence-corrected chi connectivity index (χ1v) is 8.08. The van der Waals surface area contributed by atoms with E-state index in [1.807, 2.05) is 0 Å². The fourth-order valence-corrected chi connectivity index (χ4v) is 2.51. The molecule has 0 N–H and O–H groups in total. The predicted octanol–water partition coefficient (Wildman–Crippen LogP) is 3.98. The Labute approximate surface area is 125 Å². The molecule has 0 saturated heterocycles. The van der Waals surface area contributed by atoms with Gasteiger partial charge in [0.2, 0.25) is 0 Å². The third-order valence-electron chi connectivity index (χ3n) is 3.25. The van der Waals surface area contributed by atoms with Crippen LogP contribution in [0.2, 0.25) is 0 Å². The van der Waals surface area contributed by atoms with E-state index in [9.17, 15) is 9.59 Å². The molecule has 0 fully saturated rings. The molecule has 0 aromatic rings. The van der Waals surface area contributed by atoms with E-state index in [2.05, 4.69) is 36.7 Å². The SMILES string of the molecule is CCC[C@H](C)C[C@@H](C)CC(C=O)COC(=O)C(C)Br. The van der Waals surface area contributed by atoms with Crippen LogP contribution in [0.4, 0.5) is 0 Å². The zero-order valence-corrected chi connectivity index (χ0v) is 14.1. The molecule has 3 nitrogen and oxygen atoms in total. The average molecular weight is 335 g/mol. The van der Waals surface area contributed by atoms with Gasteiger partial charge in [-0.3, -0.25) is 4.79 Å². The molecule has 0 aliphatic heterocycles. The van der Waals surface area contributed by atoms with Crippen LogP contribution in [0.25, 0.3) is 0 Å². The molecular formula is C15H27BrO3. The van der Waals surface area contributed by atoms with Crippen molar-refractivity contribution in [3.8, 4) is 0 Å². The summed E-state index contributed by atoms with van der Waals surface area (Å²) in [4.78, 5) is 22.0. The van der Waals surface area contributed by atoms with E-state index in [0.717, 1.165) is 19.1 Å². The average Bonchev–Trinajstić information content (AvgIpc) is 2.33. The lowest BCUT2D eigenvalue weighted by molar-refractivity contribution is -0.144. The molecule has 2 unspecified atom stereocenters. The molecule has 4 atom stereocenters. The molecule has 0 aliphatic rings. The molecule has 19 heavy (non-hydrogen) atoms. The van der Waals surface area contributed by atoms with Crippen molar-refractivity contribution in [1.29, 1.82) is 0 Å². The molecule has 0 radical (unpaired) electrons. The van der Waals surface area contributed by atoms with E-state index in [1.54, 1.807) is 6.92 Å². The summed E-state index contributed by atoms with van der Waals surface area (Å²) < 4.78 is 5.09. The number of rotatable bonds is 10. The Balaban J connectivity index is 4.04. The highest BCUT2D eigenvalue weighted by atomic mass is 79.9. The van der Waals surface area contributed by atoms with Crippen LogP contribution in [0.1, 0.15) is 53.4 Å². The van der Waals surface area contributed by atoms with Gasteiger partial charge in [0.05, 0.1) is 0 Å². The van der Waals surface area contributed by atoms with Gasteiger partial charge in [-0.1, -0.05) is 49.5 Å². The minimum Gasteiger partial charge on any atom is -0.464 e.